The molecule has 0 unspecified atom stereocenters. The van der Waals surface area contributed by atoms with Crippen molar-refractivity contribution in [2.75, 3.05) is 19.6 Å². The molecular weight excluding hydrogens is 336 g/mol. The van der Waals surface area contributed by atoms with Crippen LogP contribution in [-0.4, -0.2) is 36.0 Å². The fourth-order valence-corrected chi connectivity index (χ4v) is 3.42. The van der Waals surface area contributed by atoms with Gasteiger partial charge in [0.2, 0.25) is 5.91 Å². The number of nitriles is 1. The molecule has 4 nitrogen and oxygen atoms in total. The highest BCUT2D eigenvalue weighted by Gasteiger charge is 2.44. The van der Waals surface area contributed by atoms with E-state index in [1.807, 2.05) is 32.6 Å². The molecule has 1 aliphatic rings. The Labute approximate surface area is 154 Å². The lowest BCUT2D eigenvalue weighted by atomic mass is 9.73. The average molecular weight is 363 g/mol. The topological polar surface area (TPSA) is 56.1 Å². The molecule has 0 spiro atoms. The molecule has 6 heteroatoms. The number of hydrogen-bond donors (Lipinski definition) is 1. The molecule has 1 amide bonds. The zero-order chi connectivity index (χ0) is 19.5. The second kappa shape index (κ2) is 7.71. The van der Waals surface area contributed by atoms with E-state index < -0.39 is 22.6 Å². The molecule has 1 aromatic carbocycles. The van der Waals surface area contributed by atoms with Gasteiger partial charge in [-0.3, -0.25) is 9.69 Å². The summed E-state index contributed by atoms with van der Waals surface area (Å²) in [5.41, 5.74) is -1.67. The van der Waals surface area contributed by atoms with Gasteiger partial charge in [0, 0.05) is 25.2 Å². The van der Waals surface area contributed by atoms with Crippen molar-refractivity contribution in [3.63, 3.8) is 0 Å². The van der Waals surface area contributed by atoms with Gasteiger partial charge in [-0.15, -0.1) is 0 Å². The van der Waals surface area contributed by atoms with Crippen LogP contribution in [0.2, 0.25) is 0 Å². The number of amides is 1. The van der Waals surface area contributed by atoms with Crippen LogP contribution in [0.15, 0.2) is 18.2 Å². The molecule has 2 rings (SSSR count). The van der Waals surface area contributed by atoms with Crippen LogP contribution in [-0.2, 0) is 10.2 Å². The van der Waals surface area contributed by atoms with Crippen LogP contribution in [0.4, 0.5) is 8.78 Å². The Balaban J connectivity index is 2.15. The molecule has 0 aromatic heterocycles. The minimum atomic E-state index is -1.06. The maximum atomic E-state index is 14.2. The SMILES string of the molecule is CC(C)CNC(=O)C(C)(C)N1CCC(C#N)(c2cccc(F)c2F)CC1. The number of benzene rings is 1. The number of nitrogens with one attached hydrogen (secondary N) is 1. The van der Waals surface area contributed by atoms with Gasteiger partial charge in [0.25, 0.3) is 0 Å². The second-order valence-electron chi connectivity index (χ2n) is 7.95. The molecule has 1 saturated heterocycles. The third-order valence-corrected chi connectivity index (χ3v) is 5.32. The molecule has 1 aromatic rings. The van der Waals surface area contributed by atoms with Crippen LogP contribution in [0.1, 0.15) is 46.1 Å². The fourth-order valence-electron chi connectivity index (χ4n) is 3.42. The summed E-state index contributed by atoms with van der Waals surface area (Å²) in [6.45, 7) is 9.30. The molecule has 0 radical (unpaired) electrons. The van der Waals surface area contributed by atoms with Crippen molar-refractivity contribution in [2.24, 2.45) is 5.92 Å². The Morgan fingerprint density at radius 2 is 1.96 bits per heavy atom. The van der Waals surface area contributed by atoms with Gasteiger partial charge in [0.15, 0.2) is 11.6 Å². The van der Waals surface area contributed by atoms with Gasteiger partial charge in [-0.25, -0.2) is 8.78 Å². The van der Waals surface area contributed by atoms with E-state index >= 15 is 0 Å². The first-order valence-electron chi connectivity index (χ1n) is 9.03. The van der Waals surface area contributed by atoms with Crippen molar-refractivity contribution in [3.05, 3.63) is 35.4 Å². The molecule has 0 atom stereocenters. The molecule has 1 aliphatic heterocycles. The number of rotatable bonds is 5. The van der Waals surface area contributed by atoms with Crippen LogP contribution in [0.25, 0.3) is 0 Å². The summed E-state index contributed by atoms with van der Waals surface area (Å²) in [6.07, 6.45) is 0.704. The van der Waals surface area contributed by atoms with Crippen molar-refractivity contribution >= 4 is 5.91 Å². The maximum Gasteiger partial charge on any atom is 0.239 e. The molecule has 26 heavy (non-hydrogen) atoms. The van der Waals surface area contributed by atoms with Gasteiger partial charge in [0.1, 0.15) is 0 Å². The van der Waals surface area contributed by atoms with Crippen LogP contribution < -0.4 is 5.32 Å². The third kappa shape index (κ3) is 3.88. The highest BCUT2D eigenvalue weighted by Crippen LogP contribution is 2.38. The third-order valence-electron chi connectivity index (χ3n) is 5.32. The first kappa shape index (κ1) is 20.3. The highest BCUT2D eigenvalue weighted by molar-refractivity contribution is 5.85. The Morgan fingerprint density at radius 3 is 2.50 bits per heavy atom. The van der Waals surface area contributed by atoms with E-state index in [0.29, 0.717) is 38.4 Å². The van der Waals surface area contributed by atoms with E-state index in [1.165, 1.54) is 12.1 Å². The molecule has 0 saturated carbocycles. The summed E-state index contributed by atoms with van der Waals surface area (Å²) in [7, 11) is 0. The summed E-state index contributed by atoms with van der Waals surface area (Å²) in [6, 6.07) is 6.18. The average Bonchev–Trinajstić information content (AvgIpc) is 2.61. The van der Waals surface area contributed by atoms with Crippen LogP contribution in [0.3, 0.4) is 0 Å². The van der Waals surface area contributed by atoms with Crippen molar-refractivity contribution in [2.45, 2.75) is 51.5 Å². The Morgan fingerprint density at radius 1 is 1.35 bits per heavy atom. The summed E-state index contributed by atoms with van der Waals surface area (Å²) in [5.74, 6) is -1.59. The van der Waals surface area contributed by atoms with Gasteiger partial charge < -0.3 is 5.32 Å². The minimum Gasteiger partial charge on any atom is -0.354 e. The van der Waals surface area contributed by atoms with Gasteiger partial charge in [-0.2, -0.15) is 5.26 Å². The summed E-state index contributed by atoms with van der Waals surface area (Å²) in [4.78, 5) is 14.6. The smallest absolute Gasteiger partial charge is 0.239 e. The Kier molecular flexibility index (Phi) is 6.02. The molecule has 1 heterocycles. The Hall–Kier alpha value is -2.00. The van der Waals surface area contributed by atoms with Gasteiger partial charge >= 0.3 is 0 Å². The minimum absolute atomic E-state index is 0.0624. The lowest BCUT2D eigenvalue weighted by molar-refractivity contribution is -0.132. The zero-order valence-corrected chi connectivity index (χ0v) is 15.9. The van der Waals surface area contributed by atoms with Gasteiger partial charge in [0.05, 0.1) is 17.0 Å². The molecular formula is C20H27F2N3O. The first-order valence-corrected chi connectivity index (χ1v) is 9.03. The summed E-state index contributed by atoms with van der Waals surface area (Å²) < 4.78 is 27.9. The van der Waals surface area contributed by atoms with Crippen molar-refractivity contribution in [3.8, 4) is 6.07 Å². The monoisotopic (exact) mass is 363 g/mol. The molecule has 142 valence electrons. The normalized spacial score (nSPS) is 17.8. The van der Waals surface area contributed by atoms with Gasteiger partial charge in [-0.05, 0) is 38.7 Å². The number of nitrogens with zero attached hydrogens (tertiary/aromatic N) is 2. The summed E-state index contributed by atoms with van der Waals surface area (Å²) in [5, 5.41) is 12.7. The molecule has 0 bridgehead atoms. The standard InChI is InChI=1S/C20H27F2N3O/c1-14(2)12-24-18(26)19(3,4)25-10-8-20(13-23,9-11-25)15-6-5-7-16(21)17(15)22/h5-7,14H,8-12H2,1-4H3,(H,24,26). The predicted octanol–water partition coefficient (Wildman–Crippen LogP) is 3.37. The second-order valence-corrected chi connectivity index (χ2v) is 7.95. The molecule has 1 fully saturated rings. The van der Waals surface area contributed by atoms with E-state index in [9.17, 15) is 18.8 Å². The van der Waals surface area contributed by atoms with E-state index in [4.69, 9.17) is 0 Å². The van der Waals surface area contributed by atoms with E-state index in [2.05, 4.69) is 11.4 Å². The van der Waals surface area contributed by atoms with Crippen molar-refractivity contribution in [1.82, 2.24) is 10.2 Å². The zero-order valence-electron chi connectivity index (χ0n) is 15.9. The van der Waals surface area contributed by atoms with Crippen LogP contribution in [0, 0.1) is 28.9 Å². The first-order chi connectivity index (χ1) is 12.1. The lowest BCUT2D eigenvalue weighted by Crippen LogP contribution is -2.59. The number of piperidine rings is 1. The molecule has 1 N–H and O–H groups in total. The summed E-state index contributed by atoms with van der Waals surface area (Å²) >= 11 is 0. The quantitative estimate of drug-likeness (QED) is 0.873. The molecule has 0 aliphatic carbocycles. The number of carbonyl (C=O) groups is 1. The number of halogens is 2. The van der Waals surface area contributed by atoms with Crippen molar-refractivity contribution in [1.29, 1.82) is 5.26 Å². The maximum absolute atomic E-state index is 14.2. The Bertz CT molecular complexity index is 701. The van der Waals surface area contributed by atoms with E-state index in [0.717, 1.165) is 6.07 Å². The number of likely N-dealkylation sites (tertiary alicyclic amines) is 1. The lowest BCUT2D eigenvalue weighted by Gasteiger charge is -2.44. The van der Waals surface area contributed by atoms with Crippen LogP contribution in [0.5, 0.6) is 0 Å². The number of hydrogen-bond acceptors (Lipinski definition) is 3. The predicted molar refractivity (Wildman–Crippen MR) is 96.4 cm³/mol. The van der Waals surface area contributed by atoms with Gasteiger partial charge in [-0.1, -0.05) is 26.0 Å². The number of carbonyl (C=O) groups excluding carboxylic acids is 1. The largest absolute Gasteiger partial charge is 0.354 e. The fraction of sp³-hybridized carbons (Fsp3) is 0.600. The van der Waals surface area contributed by atoms with E-state index in [-0.39, 0.29) is 11.5 Å². The highest BCUT2D eigenvalue weighted by atomic mass is 19.2. The van der Waals surface area contributed by atoms with Crippen molar-refractivity contribution < 1.29 is 13.6 Å². The van der Waals surface area contributed by atoms with E-state index in [1.54, 1.807) is 0 Å². The van der Waals surface area contributed by atoms with Crippen LogP contribution >= 0.6 is 0 Å².